The molecule has 2 aromatic heterocycles. The van der Waals surface area contributed by atoms with E-state index < -0.39 is 6.09 Å². The minimum atomic E-state index is -0.973. The van der Waals surface area contributed by atoms with E-state index in [-0.39, 0.29) is 12.0 Å². The van der Waals surface area contributed by atoms with Crippen molar-refractivity contribution in [3.63, 3.8) is 0 Å². The second-order valence-electron chi connectivity index (χ2n) is 8.94. The second-order valence-corrected chi connectivity index (χ2v) is 9.92. The number of nitrogens with zero attached hydrogens (tertiary/aromatic N) is 5. The molecule has 1 aromatic carbocycles. The monoisotopic (exact) mass is 509 g/mol. The normalized spacial score (nSPS) is 14.2. The van der Waals surface area contributed by atoms with Gasteiger partial charge in [-0.2, -0.15) is 0 Å². The number of hydrogen-bond donors (Lipinski definition) is 1. The maximum absolute atomic E-state index is 13.6. The summed E-state index contributed by atoms with van der Waals surface area (Å²) in [5, 5.41) is 11.2. The van der Waals surface area contributed by atoms with Gasteiger partial charge >= 0.3 is 6.09 Å². The van der Waals surface area contributed by atoms with E-state index in [1.807, 2.05) is 73.9 Å². The molecular weight excluding hydrogens is 478 g/mol. The van der Waals surface area contributed by atoms with Crippen molar-refractivity contribution in [2.24, 2.45) is 0 Å². The fourth-order valence-electron chi connectivity index (χ4n) is 4.05. The molecule has 1 N–H and O–H groups in total. The Morgan fingerprint density at radius 3 is 2.69 bits per heavy atom. The van der Waals surface area contributed by atoms with Crippen LogP contribution in [0.3, 0.4) is 0 Å². The van der Waals surface area contributed by atoms with Gasteiger partial charge in [-0.1, -0.05) is 12.1 Å². The molecule has 1 unspecified atom stereocenters. The van der Waals surface area contributed by atoms with Crippen molar-refractivity contribution in [1.82, 2.24) is 9.88 Å². The summed E-state index contributed by atoms with van der Waals surface area (Å²) in [6.45, 7) is 1.52. The van der Waals surface area contributed by atoms with Crippen LogP contribution in [0.5, 0.6) is 5.75 Å². The topological polar surface area (TPSA) is 89.5 Å². The Kier molecular flexibility index (Phi) is 7.64. The molecule has 0 radical (unpaired) electrons. The Hall–Kier alpha value is -3.79. The zero-order valence-electron chi connectivity index (χ0n) is 20.9. The van der Waals surface area contributed by atoms with E-state index in [0.717, 1.165) is 22.1 Å². The summed E-state index contributed by atoms with van der Waals surface area (Å²) in [6.07, 6.45) is 0.878. The van der Waals surface area contributed by atoms with Crippen LogP contribution in [-0.2, 0) is 0 Å². The lowest BCUT2D eigenvalue weighted by Crippen LogP contribution is -2.33. The first-order valence-electron chi connectivity index (χ1n) is 11.7. The van der Waals surface area contributed by atoms with Gasteiger partial charge in [0.2, 0.25) is 0 Å². The van der Waals surface area contributed by atoms with Gasteiger partial charge in [0.1, 0.15) is 17.7 Å². The number of carboxylic acid groups (broad SMARTS) is 1. The first-order chi connectivity index (χ1) is 17.2. The molecule has 0 spiro atoms. The van der Waals surface area contributed by atoms with Crippen LogP contribution >= 0.6 is 11.3 Å². The summed E-state index contributed by atoms with van der Waals surface area (Å²) < 4.78 is 6.34. The van der Waals surface area contributed by atoms with Crippen molar-refractivity contribution in [2.45, 2.75) is 12.5 Å². The van der Waals surface area contributed by atoms with Crippen LogP contribution in [0.1, 0.15) is 27.8 Å². The minimum absolute atomic E-state index is 0.109. The predicted octanol–water partition coefficient (Wildman–Crippen LogP) is 4.43. The molecule has 2 amide bonds. The average Bonchev–Trinajstić information content (AvgIpc) is 3.37. The number of carbonyl (C=O) groups excluding carboxylic acids is 1. The van der Waals surface area contributed by atoms with E-state index in [1.54, 1.807) is 29.5 Å². The molecule has 3 aromatic rings. The van der Waals surface area contributed by atoms with Crippen molar-refractivity contribution >= 4 is 40.5 Å². The second kappa shape index (κ2) is 10.9. The van der Waals surface area contributed by atoms with Gasteiger partial charge in [0.15, 0.2) is 0 Å². The fraction of sp³-hybridized carbons (Fsp3) is 0.346. The number of pyridine rings is 1. The van der Waals surface area contributed by atoms with Crippen LogP contribution in [0.15, 0.2) is 54.0 Å². The van der Waals surface area contributed by atoms with Gasteiger partial charge in [0.25, 0.3) is 5.91 Å². The van der Waals surface area contributed by atoms with Crippen LogP contribution in [-0.4, -0.2) is 74.8 Å². The Bertz CT molecular complexity index is 1220. The van der Waals surface area contributed by atoms with E-state index in [1.165, 1.54) is 4.90 Å². The van der Waals surface area contributed by atoms with Gasteiger partial charge in [-0.05, 0) is 23.6 Å². The van der Waals surface area contributed by atoms with Gasteiger partial charge < -0.3 is 29.4 Å². The molecule has 0 aliphatic carbocycles. The lowest BCUT2D eigenvalue weighted by atomic mass is 10.1. The van der Waals surface area contributed by atoms with E-state index in [2.05, 4.69) is 9.88 Å². The zero-order chi connectivity index (χ0) is 25.8. The minimum Gasteiger partial charge on any atom is -0.485 e. The number of ether oxygens (including phenoxy) is 1. The SMILES string of the molecule is CN(CCC(Oc1cccc(N2CCN(C)c3cc(N(C)C)ncc3C2=O)c1)c1cccs1)C(=O)O. The molecule has 3 heterocycles. The highest BCUT2D eigenvalue weighted by Crippen LogP contribution is 2.33. The highest BCUT2D eigenvalue weighted by atomic mass is 32.1. The first kappa shape index (κ1) is 25.3. The standard InChI is InChI=1S/C26H31N5O4S/c1-28(2)24-16-21-20(17-27-24)25(32)31(13-12-29(21)3)18-7-5-8-19(15-18)35-22(23-9-6-14-36-23)10-11-30(4)26(33)34/h5-9,14-17,22H,10-13H2,1-4H3,(H,33,34). The highest BCUT2D eigenvalue weighted by molar-refractivity contribution is 7.10. The average molecular weight is 510 g/mol. The fourth-order valence-corrected chi connectivity index (χ4v) is 4.84. The van der Waals surface area contributed by atoms with Gasteiger partial charge in [-0.25, -0.2) is 9.78 Å². The summed E-state index contributed by atoms with van der Waals surface area (Å²) >= 11 is 1.57. The van der Waals surface area contributed by atoms with Crippen molar-refractivity contribution in [1.29, 1.82) is 0 Å². The van der Waals surface area contributed by atoms with Crippen molar-refractivity contribution in [3.8, 4) is 5.75 Å². The summed E-state index contributed by atoms with van der Waals surface area (Å²) in [4.78, 5) is 37.3. The number of rotatable bonds is 8. The number of hydrogen-bond acceptors (Lipinski definition) is 7. The molecule has 1 atom stereocenters. The molecule has 9 nitrogen and oxygen atoms in total. The third-order valence-corrected chi connectivity index (χ3v) is 7.16. The summed E-state index contributed by atoms with van der Waals surface area (Å²) in [6, 6.07) is 13.4. The van der Waals surface area contributed by atoms with Crippen LogP contribution in [0.4, 0.5) is 22.0 Å². The van der Waals surface area contributed by atoms with Gasteiger partial charge in [0, 0.05) is 83.1 Å². The van der Waals surface area contributed by atoms with Crippen LogP contribution in [0, 0.1) is 0 Å². The quantitative estimate of drug-likeness (QED) is 0.481. The Labute approximate surface area is 215 Å². The molecule has 1 aliphatic heterocycles. The van der Waals surface area contributed by atoms with Gasteiger partial charge in [-0.15, -0.1) is 11.3 Å². The molecule has 10 heteroatoms. The van der Waals surface area contributed by atoms with E-state index in [9.17, 15) is 14.7 Å². The smallest absolute Gasteiger partial charge is 0.407 e. The maximum atomic E-state index is 13.6. The molecule has 0 saturated heterocycles. The molecule has 0 fully saturated rings. The van der Waals surface area contributed by atoms with Crippen molar-refractivity contribution in [3.05, 3.63) is 64.5 Å². The van der Waals surface area contributed by atoms with E-state index in [0.29, 0.717) is 37.4 Å². The van der Waals surface area contributed by atoms with Gasteiger partial charge in [-0.3, -0.25) is 4.79 Å². The zero-order valence-corrected chi connectivity index (χ0v) is 21.7. The number of fused-ring (bicyclic) bond motifs is 1. The third-order valence-electron chi connectivity index (χ3n) is 6.19. The Morgan fingerprint density at radius 2 is 2.00 bits per heavy atom. The Morgan fingerprint density at radius 1 is 1.19 bits per heavy atom. The number of benzene rings is 1. The summed E-state index contributed by atoms with van der Waals surface area (Å²) in [5.41, 5.74) is 2.15. The number of likely N-dealkylation sites (N-methyl/N-ethyl adjacent to an activating group) is 1. The summed E-state index contributed by atoms with van der Waals surface area (Å²) in [5.74, 6) is 1.31. The molecule has 36 heavy (non-hydrogen) atoms. The number of thiophene rings is 1. The lowest BCUT2D eigenvalue weighted by Gasteiger charge is -2.24. The highest BCUT2D eigenvalue weighted by Gasteiger charge is 2.27. The van der Waals surface area contributed by atoms with Crippen molar-refractivity contribution in [2.75, 3.05) is 62.5 Å². The molecular formula is C26H31N5O4S. The molecule has 0 bridgehead atoms. The number of aromatic nitrogens is 1. The van der Waals surface area contributed by atoms with E-state index >= 15 is 0 Å². The van der Waals surface area contributed by atoms with Crippen molar-refractivity contribution < 1.29 is 19.4 Å². The van der Waals surface area contributed by atoms with Crippen LogP contribution < -0.4 is 19.4 Å². The predicted molar refractivity (Wildman–Crippen MR) is 143 cm³/mol. The van der Waals surface area contributed by atoms with Gasteiger partial charge in [0.05, 0.1) is 11.3 Å². The maximum Gasteiger partial charge on any atom is 0.407 e. The Balaban J connectivity index is 1.58. The lowest BCUT2D eigenvalue weighted by molar-refractivity contribution is 0.0990. The van der Waals surface area contributed by atoms with Crippen LogP contribution in [0.25, 0.3) is 0 Å². The summed E-state index contributed by atoms with van der Waals surface area (Å²) in [7, 11) is 7.38. The molecule has 4 rings (SSSR count). The molecule has 0 saturated carbocycles. The number of carbonyl (C=O) groups is 2. The number of amides is 2. The number of anilines is 3. The molecule has 1 aliphatic rings. The van der Waals surface area contributed by atoms with E-state index in [4.69, 9.17) is 4.74 Å². The third kappa shape index (κ3) is 5.54. The van der Waals surface area contributed by atoms with Crippen LogP contribution in [0.2, 0.25) is 0 Å². The first-order valence-corrected chi connectivity index (χ1v) is 12.6. The largest absolute Gasteiger partial charge is 0.485 e. The molecule has 190 valence electrons.